The van der Waals surface area contributed by atoms with Crippen molar-refractivity contribution in [3.05, 3.63) is 80.5 Å². The summed E-state index contributed by atoms with van der Waals surface area (Å²) >= 11 is 0. The molecule has 0 aliphatic rings. The molecule has 0 N–H and O–H groups in total. The average Bonchev–Trinajstić information content (AvgIpc) is 2.55. The van der Waals surface area contributed by atoms with Crippen LogP contribution in [0, 0.1) is 11.3 Å². The van der Waals surface area contributed by atoms with Crippen LogP contribution >= 0.6 is 0 Å². The van der Waals surface area contributed by atoms with Crippen LogP contribution in [0.1, 0.15) is 17.3 Å². The SMILES string of the molecule is N#Cc1ccccc1-c1ccc(C(N=[N+]=[N-])N=[N+]=[N-])cc1. The molecule has 0 saturated heterocycles. The largest absolute Gasteiger partial charge is 0.192 e. The van der Waals surface area contributed by atoms with Crippen LogP contribution in [0.15, 0.2) is 58.8 Å². The van der Waals surface area contributed by atoms with E-state index < -0.39 is 6.17 Å². The molecule has 2 rings (SSSR count). The van der Waals surface area contributed by atoms with Gasteiger partial charge in [-0.3, -0.25) is 0 Å². The molecular formula is C14H9N7. The van der Waals surface area contributed by atoms with Crippen molar-refractivity contribution in [1.82, 2.24) is 0 Å². The molecule has 0 aromatic heterocycles. The van der Waals surface area contributed by atoms with E-state index >= 15 is 0 Å². The van der Waals surface area contributed by atoms with Gasteiger partial charge in [0.25, 0.3) is 0 Å². The van der Waals surface area contributed by atoms with Crippen LogP contribution in [-0.4, -0.2) is 0 Å². The van der Waals surface area contributed by atoms with Crippen LogP contribution in [-0.2, 0) is 0 Å². The van der Waals surface area contributed by atoms with Gasteiger partial charge >= 0.3 is 0 Å². The molecule has 0 saturated carbocycles. The normalized spacial score (nSPS) is 10.6. The van der Waals surface area contributed by atoms with Crippen molar-refractivity contribution in [2.75, 3.05) is 0 Å². The van der Waals surface area contributed by atoms with Crippen LogP contribution < -0.4 is 0 Å². The van der Waals surface area contributed by atoms with Gasteiger partial charge in [-0.25, -0.2) is 0 Å². The van der Waals surface area contributed by atoms with E-state index in [9.17, 15) is 0 Å². The lowest BCUT2D eigenvalue weighted by molar-refractivity contribution is 0.757. The summed E-state index contributed by atoms with van der Waals surface area (Å²) in [7, 11) is 0. The topological polar surface area (TPSA) is 121 Å². The van der Waals surface area contributed by atoms with Crippen LogP contribution in [0.4, 0.5) is 0 Å². The molecule has 0 aliphatic heterocycles. The van der Waals surface area contributed by atoms with Gasteiger partial charge in [-0.1, -0.05) is 52.7 Å². The maximum absolute atomic E-state index is 9.10. The standard InChI is InChI=1S/C14H9N7/c15-9-12-3-1-2-4-13(12)10-5-7-11(8-6-10)14(18-20-16)19-21-17/h1-8,14H. The highest BCUT2D eigenvalue weighted by molar-refractivity contribution is 5.70. The lowest BCUT2D eigenvalue weighted by Crippen LogP contribution is -1.90. The first-order valence-electron chi connectivity index (χ1n) is 5.98. The van der Waals surface area contributed by atoms with Gasteiger partial charge in [-0.2, -0.15) is 5.26 Å². The van der Waals surface area contributed by atoms with Gasteiger partial charge in [-0.05, 0) is 33.8 Å². The van der Waals surface area contributed by atoms with E-state index in [1.807, 2.05) is 12.1 Å². The Morgan fingerprint density at radius 1 is 0.952 bits per heavy atom. The Bertz CT molecular complexity index is 758. The van der Waals surface area contributed by atoms with Crippen molar-refractivity contribution in [3.8, 4) is 17.2 Å². The molecule has 21 heavy (non-hydrogen) atoms. The van der Waals surface area contributed by atoms with E-state index in [1.54, 1.807) is 36.4 Å². The lowest BCUT2D eigenvalue weighted by atomic mass is 9.99. The Balaban J connectivity index is 2.41. The summed E-state index contributed by atoms with van der Waals surface area (Å²) in [6.07, 6.45) is -0.916. The first kappa shape index (κ1) is 14.0. The molecule has 0 heterocycles. The molecule has 7 nitrogen and oxygen atoms in total. The Morgan fingerprint density at radius 3 is 2.14 bits per heavy atom. The Morgan fingerprint density at radius 2 is 1.57 bits per heavy atom. The second-order valence-electron chi connectivity index (χ2n) is 4.06. The van der Waals surface area contributed by atoms with Crippen molar-refractivity contribution in [1.29, 1.82) is 5.26 Å². The number of nitrogens with zero attached hydrogens (tertiary/aromatic N) is 7. The van der Waals surface area contributed by atoms with Crippen LogP contribution in [0.5, 0.6) is 0 Å². The highest BCUT2D eigenvalue weighted by atomic mass is 15.3. The van der Waals surface area contributed by atoms with Gasteiger partial charge in [-0.15, -0.1) is 0 Å². The fourth-order valence-electron chi connectivity index (χ4n) is 1.92. The predicted molar refractivity (Wildman–Crippen MR) is 77.6 cm³/mol. The fraction of sp³-hybridized carbons (Fsp3) is 0.0714. The highest BCUT2D eigenvalue weighted by Crippen LogP contribution is 2.26. The molecule has 100 valence electrons. The molecule has 0 radical (unpaired) electrons. The Kier molecular flexibility index (Phi) is 4.42. The third-order valence-electron chi connectivity index (χ3n) is 2.89. The van der Waals surface area contributed by atoms with E-state index in [0.717, 1.165) is 11.1 Å². The molecule has 0 aliphatic carbocycles. The molecule has 2 aromatic rings. The van der Waals surface area contributed by atoms with Gasteiger partial charge in [0.05, 0.1) is 11.6 Å². The molecule has 7 heteroatoms. The van der Waals surface area contributed by atoms with Crippen LogP contribution in [0.2, 0.25) is 0 Å². The summed E-state index contributed by atoms with van der Waals surface area (Å²) in [6.45, 7) is 0. The second kappa shape index (κ2) is 6.64. The van der Waals surface area contributed by atoms with Gasteiger partial charge in [0.1, 0.15) is 6.17 Å². The highest BCUT2D eigenvalue weighted by Gasteiger charge is 2.08. The zero-order chi connectivity index (χ0) is 15.1. The van der Waals surface area contributed by atoms with Gasteiger partial charge in [0.15, 0.2) is 0 Å². The molecule has 2 aromatic carbocycles. The zero-order valence-electron chi connectivity index (χ0n) is 10.8. The van der Waals surface area contributed by atoms with E-state index in [-0.39, 0.29) is 0 Å². The summed E-state index contributed by atoms with van der Waals surface area (Å²) in [5.74, 6) is 0. The molecular weight excluding hydrogens is 266 g/mol. The lowest BCUT2D eigenvalue weighted by Gasteiger charge is -2.08. The second-order valence-corrected chi connectivity index (χ2v) is 4.06. The summed E-state index contributed by atoms with van der Waals surface area (Å²) < 4.78 is 0. The molecule has 0 atom stereocenters. The number of hydrogen-bond acceptors (Lipinski definition) is 3. The molecule has 0 spiro atoms. The van der Waals surface area contributed by atoms with Gasteiger partial charge in [0, 0.05) is 9.82 Å². The van der Waals surface area contributed by atoms with Crippen molar-refractivity contribution in [2.45, 2.75) is 6.17 Å². The van der Waals surface area contributed by atoms with Gasteiger partial charge < -0.3 is 0 Å². The predicted octanol–water partition coefficient (Wildman–Crippen LogP) is 4.84. The summed E-state index contributed by atoms with van der Waals surface area (Å²) in [5.41, 5.74) is 19.8. The smallest absolute Gasteiger partial charge is 0.141 e. The number of rotatable bonds is 4. The van der Waals surface area contributed by atoms with Crippen molar-refractivity contribution in [2.24, 2.45) is 10.2 Å². The third-order valence-corrected chi connectivity index (χ3v) is 2.89. The molecule has 0 unspecified atom stereocenters. The minimum Gasteiger partial charge on any atom is -0.192 e. The van der Waals surface area contributed by atoms with Crippen LogP contribution in [0.3, 0.4) is 0 Å². The maximum Gasteiger partial charge on any atom is 0.141 e. The summed E-state index contributed by atoms with van der Waals surface area (Å²) in [6, 6.07) is 16.4. The van der Waals surface area contributed by atoms with Crippen molar-refractivity contribution >= 4 is 0 Å². The first-order chi connectivity index (χ1) is 10.3. The first-order valence-corrected chi connectivity index (χ1v) is 5.98. The third kappa shape index (κ3) is 3.11. The van der Waals surface area contributed by atoms with E-state index in [2.05, 4.69) is 26.1 Å². The van der Waals surface area contributed by atoms with Crippen molar-refractivity contribution < 1.29 is 0 Å². The molecule has 0 amide bonds. The average molecular weight is 275 g/mol. The zero-order valence-corrected chi connectivity index (χ0v) is 10.8. The van der Waals surface area contributed by atoms with Gasteiger partial charge in [0.2, 0.25) is 0 Å². The van der Waals surface area contributed by atoms with Crippen molar-refractivity contribution in [3.63, 3.8) is 0 Å². The fourth-order valence-corrected chi connectivity index (χ4v) is 1.92. The Hall–Kier alpha value is -3.45. The minimum atomic E-state index is -0.916. The quantitative estimate of drug-likeness (QED) is 0.442. The van der Waals surface area contributed by atoms with Crippen LogP contribution in [0.25, 0.3) is 32.0 Å². The van der Waals surface area contributed by atoms with E-state index in [0.29, 0.717) is 11.1 Å². The summed E-state index contributed by atoms with van der Waals surface area (Å²) in [4.78, 5) is 5.31. The monoisotopic (exact) mass is 275 g/mol. The number of hydrogen-bond donors (Lipinski definition) is 0. The van der Waals surface area contributed by atoms with E-state index in [1.165, 1.54) is 0 Å². The number of azide groups is 1. The number of nitriles is 1. The number of benzene rings is 2. The van der Waals surface area contributed by atoms with E-state index in [4.69, 9.17) is 16.3 Å². The molecule has 0 bridgehead atoms. The Labute approximate surface area is 120 Å². The summed E-state index contributed by atoms with van der Waals surface area (Å²) in [5, 5.41) is 16.0. The molecule has 0 fully saturated rings. The maximum atomic E-state index is 9.10. The minimum absolute atomic E-state index is 0.576.